The molecule has 29 heavy (non-hydrogen) atoms. The second-order valence-corrected chi connectivity index (χ2v) is 8.30. The number of fused-ring (bicyclic) bond motifs is 3. The first-order valence-corrected chi connectivity index (χ1v) is 10.2. The quantitative estimate of drug-likeness (QED) is 0.802. The summed E-state index contributed by atoms with van der Waals surface area (Å²) < 4.78 is 37.5. The third kappa shape index (κ3) is 3.36. The molecule has 1 amide bonds. The van der Waals surface area contributed by atoms with E-state index >= 15 is 0 Å². The molecule has 0 aliphatic carbocycles. The topological polar surface area (TPSA) is 68.0 Å². The summed E-state index contributed by atoms with van der Waals surface area (Å²) in [6, 6.07) is 3.72. The van der Waals surface area contributed by atoms with Crippen molar-refractivity contribution in [2.24, 2.45) is 17.6 Å². The highest BCUT2D eigenvalue weighted by Crippen LogP contribution is 2.43. The van der Waals surface area contributed by atoms with Crippen LogP contribution >= 0.6 is 0 Å². The summed E-state index contributed by atoms with van der Waals surface area (Å²) in [5.74, 6) is -0.331. The number of methoxy groups -OCH3 is 2. The van der Waals surface area contributed by atoms with Gasteiger partial charge in [0.15, 0.2) is 11.5 Å². The molecule has 3 aliphatic heterocycles. The lowest BCUT2D eigenvalue weighted by Crippen LogP contribution is -2.60. The van der Waals surface area contributed by atoms with E-state index < -0.39 is 25.2 Å². The fourth-order valence-corrected chi connectivity index (χ4v) is 5.23. The minimum atomic E-state index is -0.872. The van der Waals surface area contributed by atoms with Crippen molar-refractivity contribution in [3.8, 4) is 11.5 Å². The monoisotopic (exact) mass is 409 g/mol. The van der Waals surface area contributed by atoms with Crippen LogP contribution in [0.3, 0.4) is 0 Å². The van der Waals surface area contributed by atoms with E-state index in [-0.39, 0.29) is 30.6 Å². The van der Waals surface area contributed by atoms with E-state index in [1.165, 1.54) is 11.1 Å². The molecule has 0 radical (unpaired) electrons. The maximum absolute atomic E-state index is 13.3. The first kappa shape index (κ1) is 20.3. The Morgan fingerprint density at radius 1 is 1.14 bits per heavy atom. The molecule has 3 heterocycles. The molecule has 2 saturated heterocycles. The predicted octanol–water partition coefficient (Wildman–Crippen LogP) is 1.72. The van der Waals surface area contributed by atoms with Gasteiger partial charge in [0, 0.05) is 37.6 Å². The Morgan fingerprint density at radius 2 is 1.86 bits per heavy atom. The van der Waals surface area contributed by atoms with Crippen molar-refractivity contribution >= 4 is 5.91 Å². The molecular weight excluding hydrogens is 380 g/mol. The van der Waals surface area contributed by atoms with Gasteiger partial charge >= 0.3 is 0 Å². The Labute approximate surface area is 169 Å². The Bertz CT molecular complexity index is 778. The Hall–Kier alpha value is -1.93. The SMILES string of the molecule is COc1cc2c(cc1OC)[C@@H]1C[C@H](N)C(N3C[C@@H](CF)[C@H](CF)C3=O)CN1CC2. The number of halogens is 2. The molecule has 4 rings (SSSR count). The molecule has 1 aromatic carbocycles. The molecule has 1 aromatic rings. The normalized spacial score (nSPS) is 32.1. The van der Waals surface area contributed by atoms with Gasteiger partial charge in [-0.1, -0.05) is 0 Å². The molecule has 3 aliphatic rings. The Morgan fingerprint density at radius 3 is 2.48 bits per heavy atom. The number of nitrogens with two attached hydrogens (primary N) is 1. The second kappa shape index (κ2) is 8.07. The van der Waals surface area contributed by atoms with E-state index in [0.29, 0.717) is 18.7 Å². The number of hydrogen-bond donors (Lipinski definition) is 1. The lowest BCUT2D eigenvalue weighted by atomic mass is 9.83. The van der Waals surface area contributed by atoms with Gasteiger partial charge in [-0.15, -0.1) is 0 Å². The zero-order valence-electron chi connectivity index (χ0n) is 16.9. The fraction of sp³-hybridized carbons (Fsp3) is 0.667. The van der Waals surface area contributed by atoms with Crippen LogP contribution in [-0.4, -0.2) is 75.0 Å². The number of likely N-dealkylation sites (tertiary alicyclic amines) is 1. The summed E-state index contributed by atoms with van der Waals surface area (Å²) >= 11 is 0. The Kier molecular flexibility index (Phi) is 5.66. The third-order valence-corrected chi connectivity index (χ3v) is 6.89. The molecule has 2 N–H and O–H groups in total. The minimum Gasteiger partial charge on any atom is -0.493 e. The molecule has 5 atom stereocenters. The number of rotatable bonds is 5. The smallest absolute Gasteiger partial charge is 0.229 e. The summed E-state index contributed by atoms with van der Waals surface area (Å²) in [7, 11) is 3.25. The molecule has 0 saturated carbocycles. The van der Waals surface area contributed by atoms with Crippen molar-refractivity contribution in [3.05, 3.63) is 23.3 Å². The van der Waals surface area contributed by atoms with Gasteiger partial charge in [0.1, 0.15) is 6.67 Å². The second-order valence-electron chi connectivity index (χ2n) is 8.30. The molecule has 160 valence electrons. The lowest BCUT2D eigenvalue weighted by Gasteiger charge is -2.48. The number of piperidine rings is 1. The van der Waals surface area contributed by atoms with Gasteiger partial charge in [0.25, 0.3) is 0 Å². The highest BCUT2D eigenvalue weighted by Gasteiger charge is 2.48. The van der Waals surface area contributed by atoms with Crippen LogP contribution in [0.1, 0.15) is 23.6 Å². The number of hydrogen-bond acceptors (Lipinski definition) is 5. The van der Waals surface area contributed by atoms with Crippen molar-refractivity contribution in [2.45, 2.75) is 31.0 Å². The van der Waals surface area contributed by atoms with E-state index in [2.05, 4.69) is 4.90 Å². The van der Waals surface area contributed by atoms with E-state index in [1.807, 2.05) is 12.1 Å². The zero-order valence-corrected chi connectivity index (χ0v) is 16.9. The summed E-state index contributed by atoms with van der Waals surface area (Å²) in [5, 5.41) is 0. The number of carbonyl (C=O) groups is 1. The van der Waals surface area contributed by atoms with Gasteiger partial charge in [-0.25, -0.2) is 0 Å². The van der Waals surface area contributed by atoms with E-state index in [9.17, 15) is 13.6 Å². The van der Waals surface area contributed by atoms with Crippen LogP contribution in [0.2, 0.25) is 0 Å². The molecular formula is C21H29F2N3O3. The fourth-order valence-electron chi connectivity index (χ4n) is 5.23. The van der Waals surface area contributed by atoms with E-state index in [1.54, 1.807) is 19.1 Å². The van der Waals surface area contributed by atoms with Crippen molar-refractivity contribution in [1.29, 1.82) is 0 Å². The van der Waals surface area contributed by atoms with Crippen LogP contribution < -0.4 is 15.2 Å². The zero-order chi connectivity index (χ0) is 20.7. The maximum atomic E-state index is 13.3. The average Bonchev–Trinajstić information content (AvgIpc) is 3.07. The number of carbonyl (C=O) groups excluding carboxylic acids is 1. The van der Waals surface area contributed by atoms with Crippen LogP contribution in [0.4, 0.5) is 8.78 Å². The van der Waals surface area contributed by atoms with E-state index in [4.69, 9.17) is 15.2 Å². The van der Waals surface area contributed by atoms with Crippen molar-refractivity contribution < 1.29 is 23.0 Å². The average molecular weight is 409 g/mol. The van der Waals surface area contributed by atoms with Crippen molar-refractivity contribution in [1.82, 2.24) is 9.80 Å². The number of nitrogens with zero attached hydrogens (tertiary/aromatic N) is 2. The van der Waals surface area contributed by atoms with Crippen molar-refractivity contribution in [2.75, 3.05) is 47.2 Å². The van der Waals surface area contributed by atoms with Gasteiger partial charge in [-0.05, 0) is 36.1 Å². The number of ether oxygens (including phenoxy) is 2. The summed E-state index contributed by atoms with van der Waals surface area (Å²) in [6.07, 6.45) is 1.54. The summed E-state index contributed by atoms with van der Waals surface area (Å²) in [4.78, 5) is 16.7. The van der Waals surface area contributed by atoms with Crippen molar-refractivity contribution in [3.63, 3.8) is 0 Å². The summed E-state index contributed by atoms with van der Waals surface area (Å²) in [6.45, 7) is 0.219. The van der Waals surface area contributed by atoms with E-state index in [0.717, 1.165) is 18.7 Å². The largest absolute Gasteiger partial charge is 0.493 e. The first-order valence-electron chi connectivity index (χ1n) is 10.2. The number of alkyl halides is 2. The minimum absolute atomic E-state index is 0.136. The first-order chi connectivity index (χ1) is 14.0. The molecule has 8 heteroatoms. The van der Waals surface area contributed by atoms with Crippen LogP contribution in [0.5, 0.6) is 11.5 Å². The third-order valence-electron chi connectivity index (χ3n) is 6.89. The number of benzene rings is 1. The maximum Gasteiger partial charge on any atom is 0.229 e. The van der Waals surface area contributed by atoms with Gasteiger partial charge in [0.2, 0.25) is 5.91 Å². The van der Waals surface area contributed by atoms with Crippen LogP contribution in [-0.2, 0) is 11.2 Å². The van der Waals surface area contributed by atoms with Gasteiger partial charge < -0.3 is 20.1 Å². The van der Waals surface area contributed by atoms with Crippen LogP contribution in [0.15, 0.2) is 12.1 Å². The van der Waals surface area contributed by atoms with Crippen LogP contribution in [0.25, 0.3) is 0 Å². The van der Waals surface area contributed by atoms with Gasteiger partial charge in [-0.2, -0.15) is 0 Å². The predicted molar refractivity (Wildman–Crippen MR) is 105 cm³/mol. The van der Waals surface area contributed by atoms with Crippen LogP contribution in [0, 0.1) is 11.8 Å². The number of amides is 1. The molecule has 1 unspecified atom stereocenters. The molecule has 0 aromatic heterocycles. The molecule has 0 spiro atoms. The van der Waals surface area contributed by atoms with Gasteiger partial charge in [-0.3, -0.25) is 18.5 Å². The highest BCUT2D eigenvalue weighted by molar-refractivity contribution is 5.82. The summed E-state index contributed by atoms with van der Waals surface area (Å²) in [5.41, 5.74) is 8.92. The van der Waals surface area contributed by atoms with Gasteiger partial charge in [0.05, 0.1) is 32.9 Å². The highest BCUT2D eigenvalue weighted by atomic mass is 19.1. The Balaban J connectivity index is 1.57. The molecule has 2 fully saturated rings. The standard InChI is InChI=1S/C21H29F2N3O3/c1-28-19-5-12-3-4-25-11-18(26-10-13(8-22)15(9-23)21(26)27)16(24)7-17(25)14(12)6-20(19)29-2/h5-6,13,15-18H,3-4,7-11,24H2,1-2H3/t13-,15+,16+,17+,18?/m1/s1. The molecule has 0 bridgehead atoms. The molecule has 6 nitrogen and oxygen atoms in total. The lowest BCUT2D eigenvalue weighted by molar-refractivity contribution is -0.135.